The number of aryl methyl sites for hydroxylation is 1. The maximum absolute atomic E-state index is 12.2. The maximum atomic E-state index is 12.2. The largest absolute Gasteiger partial charge is 0.303 e. The molecule has 2 aliphatic rings. The number of hydrogen-bond donors (Lipinski definition) is 0. The molecule has 0 spiro atoms. The van der Waals surface area contributed by atoms with Crippen LogP contribution in [0.2, 0.25) is 0 Å². The summed E-state index contributed by atoms with van der Waals surface area (Å²) in [7, 11) is 0. The first-order chi connectivity index (χ1) is 14.0. The van der Waals surface area contributed by atoms with Crippen molar-refractivity contribution in [3.63, 3.8) is 0 Å². The van der Waals surface area contributed by atoms with Crippen molar-refractivity contribution in [3.8, 4) is 0 Å². The summed E-state index contributed by atoms with van der Waals surface area (Å²) < 4.78 is 2.13. The van der Waals surface area contributed by atoms with Gasteiger partial charge in [-0.1, -0.05) is 33.1 Å². The minimum atomic E-state index is 0.219. The highest BCUT2D eigenvalue weighted by atomic mass is 16.1. The van der Waals surface area contributed by atoms with E-state index in [1.165, 1.54) is 76.6 Å². The SMILES string of the molecule is Cc1cnn(CC2CCN(CCCCCC3CCC(C(=O)C(C)C)CC3)CC2)c1. The van der Waals surface area contributed by atoms with Crippen LogP contribution in [0.15, 0.2) is 12.4 Å². The number of carbonyl (C=O) groups excluding carboxylic acids is 1. The average Bonchev–Trinajstić information content (AvgIpc) is 3.13. The average molecular weight is 402 g/mol. The van der Waals surface area contributed by atoms with Gasteiger partial charge in [-0.2, -0.15) is 5.10 Å². The standard InChI is InChI=1S/C25H43N3O/c1-20(2)25(29)24-10-8-22(9-11-24)7-5-4-6-14-27-15-12-23(13-16-27)19-28-18-21(3)17-26-28/h17-18,20,22-24H,4-16,19H2,1-3H3. The van der Waals surface area contributed by atoms with Crippen LogP contribution in [0.3, 0.4) is 0 Å². The molecule has 1 saturated heterocycles. The van der Waals surface area contributed by atoms with Crippen molar-refractivity contribution >= 4 is 5.78 Å². The quantitative estimate of drug-likeness (QED) is 0.486. The molecule has 4 nitrogen and oxygen atoms in total. The van der Waals surface area contributed by atoms with Crippen LogP contribution in [-0.2, 0) is 11.3 Å². The van der Waals surface area contributed by atoms with Crippen molar-refractivity contribution in [3.05, 3.63) is 18.0 Å². The lowest BCUT2D eigenvalue weighted by Gasteiger charge is -2.32. The summed E-state index contributed by atoms with van der Waals surface area (Å²) in [6.07, 6.45) is 17.1. The molecule has 0 atom stereocenters. The van der Waals surface area contributed by atoms with Gasteiger partial charge in [0.25, 0.3) is 0 Å². The highest BCUT2D eigenvalue weighted by Gasteiger charge is 2.27. The summed E-state index contributed by atoms with van der Waals surface area (Å²) in [6, 6.07) is 0. The first kappa shape index (κ1) is 22.5. The van der Waals surface area contributed by atoms with Crippen molar-refractivity contribution in [2.45, 2.75) is 91.5 Å². The monoisotopic (exact) mass is 401 g/mol. The number of likely N-dealkylation sites (tertiary alicyclic amines) is 1. The Bertz CT molecular complexity index is 607. The van der Waals surface area contributed by atoms with Gasteiger partial charge in [0.2, 0.25) is 0 Å². The normalized spacial score (nSPS) is 24.3. The fourth-order valence-electron chi connectivity index (χ4n) is 5.38. The molecule has 1 saturated carbocycles. The third-order valence-corrected chi connectivity index (χ3v) is 7.32. The van der Waals surface area contributed by atoms with Crippen molar-refractivity contribution in [1.82, 2.24) is 14.7 Å². The first-order valence-corrected chi connectivity index (χ1v) is 12.3. The van der Waals surface area contributed by atoms with Gasteiger partial charge in [0.05, 0.1) is 6.20 Å². The number of ketones is 1. The van der Waals surface area contributed by atoms with Gasteiger partial charge in [-0.15, -0.1) is 0 Å². The summed E-state index contributed by atoms with van der Waals surface area (Å²) >= 11 is 0. The molecular weight excluding hydrogens is 358 g/mol. The Morgan fingerprint density at radius 3 is 2.38 bits per heavy atom. The van der Waals surface area contributed by atoms with Crippen LogP contribution in [0.4, 0.5) is 0 Å². The van der Waals surface area contributed by atoms with Gasteiger partial charge in [0.15, 0.2) is 0 Å². The Balaban J connectivity index is 1.20. The van der Waals surface area contributed by atoms with Crippen LogP contribution in [0.5, 0.6) is 0 Å². The van der Waals surface area contributed by atoms with Gasteiger partial charge in [-0.3, -0.25) is 9.48 Å². The Kier molecular flexibility index (Phi) is 8.77. The Labute approximate surface area is 178 Å². The predicted molar refractivity (Wildman–Crippen MR) is 120 cm³/mol. The smallest absolute Gasteiger partial charge is 0.138 e. The zero-order valence-corrected chi connectivity index (χ0v) is 19.1. The molecule has 4 heteroatoms. The second-order valence-corrected chi connectivity index (χ2v) is 10.1. The van der Waals surface area contributed by atoms with Crippen molar-refractivity contribution in [2.75, 3.05) is 19.6 Å². The van der Waals surface area contributed by atoms with Crippen LogP contribution < -0.4 is 0 Å². The molecule has 1 aliphatic carbocycles. The fourth-order valence-corrected chi connectivity index (χ4v) is 5.38. The molecule has 0 unspecified atom stereocenters. The second-order valence-electron chi connectivity index (χ2n) is 10.1. The first-order valence-electron chi connectivity index (χ1n) is 12.3. The molecule has 0 N–H and O–H groups in total. The molecule has 0 bridgehead atoms. The van der Waals surface area contributed by atoms with E-state index in [1.54, 1.807) is 0 Å². The third kappa shape index (κ3) is 7.24. The van der Waals surface area contributed by atoms with E-state index in [2.05, 4.69) is 41.6 Å². The zero-order chi connectivity index (χ0) is 20.6. The van der Waals surface area contributed by atoms with E-state index in [0.717, 1.165) is 31.2 Å². The minimum Gasteiger partial charge on any atom is -0.303 e. The van der Waals surface area contributed by atoms with E-state index < -0.39 is 0 Å². The number of aromatic nitrogens is 2. The molecular formula is C25H43N3O. The van der Waals surface area contributed by atoms with E-state index in [0.29, 0.717) is 11.7 Å². The lowest BCUT2D eigenvalue weighted by atomic mass is 9.76. The van der Waals surface area contributed by atoms with Gasteiger partial charge in [0, 0.05) is 24.6 Å². The van der Waals surface area contributed by atoms with E-state index in [-0.39, 0.29) is 5.92 Å². The van der Waals surface area contributed by atoms with Gasteiger partial charge >= 0.3 is 0 Å². The summed E-state index contributed by atoms with van der Waals surface area (Å²) in [5, 5.41) is 4.44. The number of nitrogens with zero attached hydrogens (tertiary/aromatic N) is 3. The molecule has 2 fully saturated rings. The van der Waals surface area contributed by atoms with Crippen LogP contribution in [-0.4, -0.2) is 40.1 Å². The van der Waals surface area contributed by atoms with E-state index in [4.69, 9.17) is 0 Å². The molecule has 0 aromatic carbocycles. The summed E-state index contributed by atoms with van der Waals surface area (Å²) in [5.41, 5.74) is 1.26. The molecule has 0 amide bonds. The molecule has 1 aliphatic heterocycles. The summed E-state index contributed by atoms with van der Waals surface area (Å²) in [5.74, 6) is 2.77. The number of carbonyl (C=O) groups is 1. The topological polar surface area (TPSA) is 38.1 Å². The van der Waals surface area contributed by atoms with Gasteiger partial charge in [-0.25, -0.2) is 0 Å². The van der Waals surface area contributed by atoms with Crippen LogP contribution >= 0.6 is 0 Å². The molecule has 3 rings (SSSR count). The van der Waals surface area contributed by atoms with Gasteiger partial charge in [0.1, 0.15) is 5.78 Å². The highest BCUT2D eigenvalue weighted by Crippen LogP contribution is 2.33. The number of unbranched alkanes of at least 4 members (excludes halogenated alkanes) is 2. The second kappa shape index (κ2) is 11.3. The molecule has 2 heterocycles. The lowest BCUT2D eigenvalue weighted by molar-refractivity contribution is -0.127. The minimum absolute atomic E-state index is 0.219. The highest BCUT2D eigenvalue weighted by molar-refractivity contribution is 5.82. The Hall–Kier alpha value is -1.16. The van der Waals surface area contributed by atoms with E-state index in [1.807, 2.05) is 6.20 Å². The molecule has 1 aromatic heterocycles. The van der Waals surface area contributed by atoms with E-state index >= 15 is 0 Å². The van der Waals surface area contributed by atoms with Gasteiger partial charge in [-0.05, 0) is 88.9 Å². The fraction of sp³-hybridized carbons (Fsp3) is 0.840. The summed E-state index contributed by atoms with van der Waals surface area (Å²) in [4.78, 5) is 14.8. The Morgan fingerprint density at radius 2 is 1.76 bits per heavy atom. The van der Waals surface area contributed by atoms with E-state index in [9.17, 15) is 4.79 Å². The summed E-state index contributed by atoms with van der Waals surface area (Å²) in [6.45, 7) is 11.1. The predicted octanol–water partition coefficient (Wildman–Crippen LogP) is 5.50. The number of hydrogen-bond acceptors (Lipinski definition) is 3. The van der Waals surface area contributed by atoms with Crippen molar-refractivity contribution in [1.29, 1.82) is 0 Å². The number of rotatable bonds is 10. The van der Waals surface area contributed by atoms with Gasteiger partial charge < -0.3 is 4.90 Å². The maximum Gasteiger partial charge on any atom is 0.138 e. The zero-order valence-electron chi connectivity index (χ0n) is 19.1. The van der Waals surface area contributed by atoms with Crippen molar-refractivity contribution < 1.29 is 4.79 Å². The van der Waals surface area contributed by atoms with Crippen LogP contribution in [0.1, 0.15) is 83.6 Å². The molecule has 0 radical (unpaired) electrons. The molecule has 29 heavy (non-hydrogen) atoms. The van der Waals surface area contributed by atoms with Crippen molar-refractivity contribution in [2.24, 2.45) is 23.7 Å². The lowest BCUT2D eigenvalue weighted by Crippen LogP contribution is -2.35. The number of Topliss-reactive ketones (excluding diaryl/α,β-unsaturated/α-hetero) is 1. The van der Waals surface area contributed by atoms with Crippen LogP contribution in [0, 0.1) is 30.6 Å². The molecule has 164 valence electrons. The molecule has 1 aromatic rings. The van der Waals surface area contributed by atoms with Crippen LogP contribution in [0.25, 0.3) is 0 Å². The third-order valence-electron chi connectivity index (χ3n) is 7.32. The Morgan fingerprint density at radius 1 is 1.03 bits per heavy atom. The number of piperidine rings is 1.